The molecule has 1 amide bonds. The van der Waals surface area contributed by atoms with Crippen LogP contribution in [0, 0.1) is 14.9 Å². The van der Waals surface area contributed by atoms with Gasteiger partial charge in [0.2, 0.25) is 0 Å². The van der Waals surface area contributed by atoms with Crippen LogP contribution in [0.3, 0.4) is 0 Å². The van der Waals surface area contributed by atoms with E-state index >= 15 is 0 Å². The summed E-state index contributed by atoms with van der Waals surface area (Å²) < 4.78 is 22.8. The molecule has 0 aliphatic heterocycles. The molecule has 186 valence electrons. The Morgan fingerprint density at radius 1 is 1.03 bits per heavy atom. The second kappa shape index (κ2) is 13.0. The lowest BCUT2D eigenvalue weighted by atomic mass is 10.1. The summed E-state index contributed by atoms with van der Waals surface area (Å²) in [5.41, 5.74) is 2.17. The zero-order valence-corrected chi connectivity index (χ0v) is 22.8. The van der Waals surface area contributed by atoms with Gasteiger partial charge in [-0.2, -0.15) is 5.26 Å². The van der Waals surface area contributed by atoms with Crippen molar-refractivity contribution in [2.24, 2.45) is 0 Å². The molecule has 0 aromatic heterocycles. The van der Waals surface area contributed by atoms with Crippen LogP contribution < -0.4 is 24.3 Å². The maximum Gasteiger partial charge on any atom is 0.262 e. The molecule has 3 aromatic rings. The smallest absolute Gasteiger partial charge is 0.262 e. The van der Waals surface area contributed by atoms with Gasteiger partial charge in [-0.25, -0.2) is 0 Å². The third-order valence-corrected chi connectivity index (χ3v) is 6.36. The van der Waals surface area contributed by atoms with Crippen molar-refractivity contribution < 1.29 is 23.7 Å². The molecule has 0 atom stereocenters. The van der Waals surface area contributed by atoms with Crippen LogP contribution >= 0.6 is 34.2 Å². The lowest BCUT2D eigenvalue weighted by Gasteiger charge is -2.14. The van der Waals surface area contributed by atoms with Crippen LogP contribution in [0.1, 0.15) is 16.7 Å². The van der Waals surface area contributed by atoms with Crippen molar-refractivity contribution in [3.63, 3.8) is 0 Å². The number of hydrogen-bond donors (Lipinski definition) is 1. The number of ether oxygens (including phenoxy) is 4. The molecule has 3 rings (SSSR count). The average molecular weight is 619 g/mol. The van der Waals surface area contributed by atoms with E-state index in [-0.39, 0.29) is 18.7 Å². The van der Waals surface area contributed by atoms with Gasteiger partial charge in [-0.1, -0.05) is 29.8 Å². The Morgan fingerprint density at radius 3 is 2.44 bits per heavy atom. The zero-order valence-electron chi connectivity index (χ0n) is 19.9. The Balaban J connectivity index is 1.77. The van der Waals surface area contributed by atoms with E-state index in [0.717, 1.165) is 14.7 Å². The van der Waals surface area contributed by atoms with Crippen molar-refractivity contribution in [1.82, 2.24) is 5.32 Å². The third kappa shape index (κ3) is 6.83. The van der Waals surface area contributed by atoms with Crippen LogP contribution in [0.4, 0.5) is 0 Å². The molecule has 0 spiro atoms. The first-order valence-electron chi connectivity index (χ1n) is 10.7. The first-order chi connectivity index (χ1) is 17.4. The van der Waals surface area contributed by atoms with Crippen LogP contribution in [-0.2, 0) is 17.9 Å². The Labute approximate surface area is 228 Å². The second-order valence-corrected chi connectivity index (χ2v) is 9.01. The van der Waals surface area contributed by atoms with E-state index in [1.807, 2.05) is 30.3 Å². The number of halogens is 2. The summed E-state index contributed by atoms with van der Waals surface area (Å²) in [5, 5.41) is 13.0. The Morgan fingerprint density at radius 2 is 1.78 bits per heavy atom. The van der Waals surface area contributed by atoms with Gasteiger partial charge < -0.3 is 24.3 Å². The maximum absolute atomic E-state index is 12.7. The van der Waals surface area contributed by atoms with E-state index in [2.05, 4.69) is 27.9 Å². The van der Waals surface area contributed by atoms with E-state index < -0.39 is 5.91 Å². The highest BCUT2D eigenvalue weighted by atomic mass is 127. The first-order valence-corrected chi connectivity index (χ1v) is 12.2. The number of nitrogens with zero attached hydrogens (tertiary/aromatic N) is 1. The van der Waals surface area contributed by atoms with Gasteiger partial charge in [0, 0.05) is 28.8 Å². The molecule has 36 heavy (non-hydrogen) atoms. The number of nitriles is 1. The number of benzene rings is 3. The van der Waals surface area contributed by atoms with Crippen LogP contribution in [0.2, 0.25) is 5.02 Å². The molecule has 0 fully saturated rings. The number of methoxy groups -OCH3 is 3. The number of nitrogens with one attached hydrogen (secondary N) is 1. The monoisotopic (exact) mass is 618 g/mol. The largest absolute Gasteiger partial charge is 0.497 e. The molecule has 0 heterocycles. The Kier molecular flexibility index (Phi) is 9.85. The van der Waals surface area contributed by atoms with Crippen LogP contribution in [-0.4, -0.2) is 27.2 Å². The predicted octanol–water partition coefficient (Wildman–Crippen LogP) is 5.77. The maximum atomic E-state index is 12.7. The predicted molar refractivity (Wildman–Crippen MR) is 146 cm³/mol. The van der Waals surface area contributed by atoms with Crippen molar-refractivity contribution in [3.05, 3.63) is 85.5 Å². The zero-order chi connectivity index (χ0) is 26.1. The minimum atomic E-state index is -0.511. The SMILES string of the molecule is COc1ccc(CNC(=O)/C(C#N)=C/c2cc(I)c(OCc3ccccc3Cl)c(OC)c2)c(OC)c1. The third-order valence-electron chi connectivity index (χ3n) is 5.19. The van der Waals surface area contributed by atoms with Gasteiger partial charge in [0.05, 0.1) is 24.9 Å². The van der Waals surface area contributed by atoms with Crippen molar-refractivity contribution >= 4 is 46.2 Å². The lowest BCUT2D eigenvalue weighted by molar-refractivity contribution is -0.117. The quantitative estimate of drug-likeness (QED) is 0.176. The number of hydrogen-bond acceptors (Lipinski definition) is 6. The summed E-state index contributed by atoms with van der Waals surface area (Å²) in [6.07, 6.45) is 1.50. The van der Waals surface area contributed by atoms with Crippen LogP contribution in [0.15, 0.2) is 60.2 Å². The molecule has 3 aromatic carbocycles. The second-order valence-electron chi connectivity index (χ2n) is 7.44. The molecular weight excluding hydrogens is 595 g/mol. The van der Waals surface area contributed by atoms with Gasteiger partial charge >= 0.3 is 0 Å². The lowest BCUT2D eigenvalue weighted by Crippen LogP contribution is -2.24. The molecule has 0 bridgehead atoms. The summed E-state index contributed by atoms with van der Waals surface area (Å²) in [4.78, 5) is 12.7. The number of amides is 1. The molecule has 9 heteroatoms. The van der Waals surface area contributed by atoms with Gasteiger partial charge in [0.1, 0.15) is 29.7 Å². The highest BCUT2D eigenvalue weighted by molar-refractivity contribution is 14.1. The van der Waals surface area contributed by atoms with E-state index in [9.17, 15) is 10.1 Å². The summed E-state index contributed by atoms with van der Waals surface area (Å²) >= 11 is 8.35. The molecule has 0 aliphatic rings. The highest BCUT2D eigenvalue weighted by Crippen LogP contribution is 2.35. The van der Waals surface area contributed by atoms with Gasteiger partial charge in [0.25, 0.3) is 5.91 Å². The molecule has 7 nitrogen and oxygen atoms in total. The highest BCUT2D eigenvalue weighted by Gasteiger charge is 2.15. The molecule has 0 unspecified atom stereocenters. The van der Waals surface area contributed by atoms with Crippen molar-refractivity contribution in [1.29, 1.82) is 5.26 Å². The Hall–Kier alpha value is -3.42. The van der Waals surface area contributed by atoms with Gasteiger partial charge in [0.15, 0.2) is 11.5 Å². The fourth-order valence-electron chi connectivity index (χ4n) is 3.31. The summed E-state index contributed by atoms with van der Waals surface area (Å²) in [7, 11) is 4.63. The van der Waals surface area contributed by atoms with E-state index in [4.69, 9.17) is 30.5 Å². The fraction of sp³-hybridized carbons (Fsp3) is 0.185. The topological polar surface area (TPSA) is 89.8 Å². The summed E-state index contributed by atoms with van der Waals surface area (Å²) in [6.45, 7) is 0.447. The molecule has 0 aliphatic carbocycles. The van der Waals surface area contributed by atoms with Crippen molar-refractivity contribution in [3.8, 4) is 29.1 Å². The van der Waals surface area contributed by atoms with Gasteiger partial charge in [-0.3, -0.25) is 4.79 Å². The summed E-state index contributed by atoms with van der Waals surface area (Å²) in [6, 6.07) is 18.2. The molecule has 1 N–H and O–H groups in total. The molecule has 0 radical (unpaired) electrons. The minimum absolute atomic E-state index is 0.0509. The molecule has 0 saturated carbocycles. The minimum Gasteiger partial charge on any atom is -0.497 e. The van der Waals surface area contributed by atoms with E-state index in [1.54, 1.807) is 37.4 Å². The molecule has 0 saturated heterocycles. The van der Waals surface area contributed by atoms with Crippen molar-refractivity contribution in [2.75, 3.05) is 21.3 Å². The van der Waals surface area contributed by atoms with E-state index in [0.29, 0.717) is 33.6 Å². The van der Waals surface area contributed by atoms with E-state index in [1.165, 1.54) is 20.3 Å². The number of rotatable bonds is 10. The standard InChI is InChI=1S/C27H24ClIN2O5/c1-33-21-9-8-18(24(13-21)34-2)15-31-27(32)20(14-30)10-17-11-23(29)26(25(12-17)35-3)36-16-19-6-4-5-7-22(19)28/h4-13H,15-16H2,1-3H3,(H,31,32)/b20-10+. The van der Waals surface area contributed by atoms with Crippen LogP contribution in [0.5, 0.6) is 23.0 Å². The van der Waals surface area contributed by atoms with Crippen molar-refractivity contribution in [2.45, 2.75) is 13.2 Å². The van der Waals surface area contributed by atoms with Gasteiger partial charge in [-0.05, 0) is 64.6 Å². The molecular formula is C27H24ClIN2O5. The number of carbonyl (C=O) groups excluding carboxylic acids is 1. The average Bonchev–Trinajstić information content (AvgIpc) is 2.90. The number of carbonyl (C=O) groups is 1. The van der Waals surface area contributed by atoms with Gasteiger partial charge in [-0.15, -0.1) is 0 Å². The normalized spacial score (nSPS) is 10.8. The first kappa shape index (κ1) is 27.2. The summed E-state index contributed by atoms with van der Waals surface area (Å²) in [5.74, 6) is 1.72. The Bertz CT molecular complexity index is 1320. The fourth-order valence-corrected chi connectivity index (χ4v) is 4.28. The van der Waals surface area contributed by atoms with Crippen LogP contribution in [0.25, 0.3) is 6.08 Å².